The van der Waals surface area contributed by atoms with Crippen molar-refractivity contribution in [3.63, 3.8) is 0 Å². The van der Waals surface area contributed by atoms with E-state index in [1.807, 2.05) is 13.8 Å². The highest BCUT2D eigenvalue weighted by Gasteiger charge is 2.38. The van der Waals surface area contributed by atoms with Gasteiger partial charge in [-0.2, -0.15) is 18.3 Å². The van der Waals surface area contributed by atoms with Gasteiger partial charge in [-0.05, 0) is 24.5 Å². The Bertz CT molecular complexity index is 1360. The van der Waals surface area contributed by atoms with Gasteiger partial charge in [-0.15, -0.1) is 0 Å². The first-order valence-corrected chi connectivity index (χ1v) is 11.9. The van der Waals surface area contributed by atoms with Crippen LogP contribution >= 0.6 is 0 Å². The first kappa shape index (κ1) is 27.1. The number of rotatable bonds is 7. The van der Waals surface area contributed by atoms with E-state index in [2.05, 4.69) is 20.4 Å². The second kappa shape index (κ2) is 10.4. The summed E-state index contributed by atoms with van der Waals surface area (Å²) in [4.78, 5) is 34.7. The van der Waals surface area contributed by atoms with E-state index in [0.717, 1.165) is 16.9 Å². The number of carbonyl (C=O) groups excluding carboxylic acids is 2. The number of likely N-dealkylation sites (tertiary alicyclic amines) is 1. The summed E-state index contributed by atoms with van der Waals surface area (Å²) in [6.07, 6.45) is -3.07. The van der Waals surface area contributed by atoms with Crippen molar-refractivity contribution in [2.45, 2.75) is 45.1 Å². The van der Waals surface area contributed by atoms with E-state index in [1.165, 1.54) is 24.3 Å². The second-order valence-electron chi connectivity index (χ2n) is 9.45. The normalized spacial score (nSPS) is 17.8. The summed E-state index contributed by atoms with van der Waals surface area (Å²) < 4.78 is 62.0. The first-order valence-electron chi connectivity index (χ1n) is 11.9. The Morgan fingerprint density at radius 1 is 1.24 bits per heavy atom. The van der Waals surface area contributed by atoms with Crippen LogP contribution in [0.3, 0.4) is 0 Å². The van der Waals surface area contributed by atoms with E-state index in [1.54, 1.807) is 0 Å². The van der Waals surface area contributed by atoms with Gasteiger partial charge in [-0.1, -0.05) is 13.8 Å². The lowest BCUT2D eigenvalue weighted by atomic mass is 10.1. The molecule has 0 bridgehead atoms. The number of anilines is 1. The van der Waals surface area contributed by atoms with Crippen LogP contribution in [0.15, 0.2) is 24.7 Å². The zero-order valence-electron chi connectivity index (χ0n) is 20.9. The molecule has 3 aromatic heterocycles. The largest absolute Gasteiger partial charge is 0.480 e. The Labute approximate surface area is 215 Å². The van der Waals surface area contributed by atoms with Crippen molar-refractivity contribution < 1.29 is 31.9 Å². The van der Waals surface area contributed by atoms with Crippen LogP contribution in [0.1, 0.15) is 42.6 Å². The maximum atomic E-state index is 14.7. The van der Waals surface area contributed by atoms with E-state index in [-0.39, 0.29) is 53.9 Å². The van der Waals surface area contributed by atoms with Crippen LogP contribution in [0.25, 0.3) is 16.8 Å². The van der Waals surface area contributed by atoms with Gasteiger partial charge in [0, 0.05) is 24.7 Å². The Hall–Kier alpha value is -3.97. The van der Waals surface area contributed by atoms with Crippen LogP contribution in [0.2, 0.25) is 0 Å². The third-order valence-corrected chi connectivity index (χ3v) is 6.33. The minimum absolute atomic E-state index is 0.00620. The molecule has 0 unspecified atom stereocenters. The molecule has 0 aromatic carbocycles. The van der Waals surface area contributed by atoms with Crippen molar-refractivity contribution in [3.8, 4) is 17.1 Å². The number of nitrogens with zero attached hydrogens (tertiary/aromatic N) is 5. The summed E-state index contributed by atoms with van der Waals surface area (Å²) in [6, 6.07) is 1.13. The number of ether oxygens (including phenoxy) is 1. The van der Waals surface area contributed by atoms with Crippen molar-refractivity contribution in [2.75, 3.05) is 25.9 Å². The van der Waals surface area contributed by atoms with E-state index in [0.29, 0.717) is 12.3 Å². The van der Waals surface area contributed by atoms with E-state index < -0.39 is 35.4 Å². The van der Waals surface area contributed by atoms with Gasteiger partial charge in [0.2, 0.25) is 11.8 Å². The monoisotopic (exact) mass is 537 g/mol. The number of methoxy groups -OCH3 is 1. The lowest BCUT2D eigenvalue weighted by molar-refractivity contribution is -0.136. The Morgan fingerprint density at radius 2 is 1.97 bits per heavy atom. The number of alkyl halides is 4. The summed E-state index contributed by atoms with van der Waals surface area (Å²) in [5.74, 6) is -1.12. The maximum absolute atomic E-state index is 14.7. The van der Waals surface area contributed by atoms with Crippen molar-refractivity contribution in [3.05, 3.63) is 35.8 Å². The molecule has 1 fully saturated rings. The number of hydrogen-bond acceptors (Lipinski definition) is 7. The number of pyridine rings is 1. The molecule has 14 heteroatoms. The van der Waals surface area contributed by atoms with Gasteiger partial charge in [0.1, 0.15) is 23.6 Å². The molecule has 10 nitrogen and oxygen atoms in total. The van der Waals surface area contributed by atoms with Gasteiger partial charge in [-0.3, -0.25) is 9.59 Å². The quantitative estimate of drug-likeness (QED) is 0.444. The molecule has 0 aliphatic carbocycles. The smallest absolute Gasteiger partial charge is 0.418 e. The highest BCUT2D eigenvalue weighted by atomic mass is 19.4. The molecule has 0 saturated carbocycles. The lowest BCUT2D eigenvalue weighted by Gasteiger charge is -2.18. The average molecular weight is 538 g/mol. The summed E-state index contributed by atoms with van der Waals surface area (Å²) >= 11 is 0. The third kappa shape index (κ3) is 5.34. The summed E-state index contributed by atoms with van der Waals surface area (Å²) in [7, 11) is 1.27. The van der Waals surface area contributed by atoms with Crippen LogP contribution < -0.4 is 15.8 Å². The minimum atomic E-state index is -4.75. The van der Waals surface area contributed by atoms with Crippen molar-refractivity contribution >= 4 is 23.1 Å². The molecule has 2 atom stereocenters. The standard InChI is InChI=1S/C24H27F4N7O3/c1-12(2)4-5-19(36)34-9-16(25)17(10-34)33-22(37)14-6-13(8-30-23(14)38-3)18-7-15(24(26,27)28)20-21(29)31-11-32-35(18)20/h6-8,11-12,16-17H,4-5,9-10H2,1-3H3,(H,33,37)(H2,29,31,32)/t16-,17+/m0/s1. The highest BCUT2D eigenvalue weighted by molar-refractivity contribution is 5.98. The van der Waals surface area contributed by atoms with Gasteiger partial charge in [0.15, 0.2) is 5.82 Å². The molecule has 3 aromatic rings. The second-order valence-corrected chi connectivity index (χ2v) is 9.45. The van der Waals surface area contributed by atoms with Crippen LogP contribution in [0, 0.1) is 5.92 Å². The predicted octanol–water partition coefficient (Wildman–Crippen LogP) is 3.12. The molecule has 3 N–H and O–H groups in total. The summed E-state index contributed by atoms with van der Waals surface area (Å²) in [5.41, 5.74) is 4.14. The van der Waals surface area contributed by atoms with Crippen molar-refractivity contribution in [1.82, 2.24) is 29.8 Å². The fraction of sp³-hybridized carbons (Fsp3) is 0.458. The molecule has 0 radical (unpaired) electrons. The van der Waals surface area contributed by atoms with E-state index in [4.69, 9.17) is 10.5 Å². The van der Waals surface area contributed by atoms with E-state index >= 15 is 0 Å². The third-order valence-electron chi connectivity index (χ3n) is 6.33. The number of hydrogen-bond donors (Lipinski definition) is 2. The summed E-state index contributed by atoms with van der Waals surface area (Å²) in [6.45, 7) is 3.81. The molecule has 0 spiro atoms. The van der Waals surface area contributed by atoms with Gasteiger partial charge >= 0.3 is 6.18 Å². The number of nitrogens with two attached hydrogens (primary N) is 1. The molecule has 4 rings (SSSR count). The van der Waals surface area contributed by atoms with Gasteiger partial charge in [-0.25, -0.2) is 18.9 Å². The zero-order chi connectivity index (χ0) is 27.8. The lowest BCUT2D eigenvalue weighted by Crippen LogP contribution is -2.42. The first-order chi connectivity index (χ1) is 17.9. The van der Waals surface area contributed by atoms with Crippen molar-refractivity contribution in [1.29, 1.82) is 0 Å². The Morgan fingerprint density at radius 3 is 2.63 bits per heavy atom. The molecule has 204 valence electrons. The van der Waals surface area contributed by atoms with Crippen LogP contribution in [-0.2, 0) is 11.0 Å². The molecule has 1 aliphatic rings. The molecule has 38 heavy (non-hydrogen) atoms. The number of nitrogens with one attached hydrogen (secondary N) is 1. The average Bonchev–Trinajstić information content (AvgIpc) is 3.44. The zero-order valence-corrected chi connectivity index (χ0v) is 20.9. The number of nitrogen functional groups attached to an aromatic ring is 1. The van der Waals surface area contributed by atoms with Crippen LogP contribution in [0.5, 0.6) is 5.88 Å². The van der Waals surface area contributed by atoms with Gasteiger partial charge in [0.05, 0.1) is 31.0 Å². The molecule has 2 amide bonds. The van der Waals surface area contributed by atoms with Crippen LogP contribution in [0.4, 0.5) is 23.4 Å². The maximum Gasteiger partial charge on any atom is 0.418 e. The molecule has 4 heterocycles. The number of aromatic nitrogens is 4. The molecule has 1 saturated heterocycles. The number of halogens is 4. The minimum Gasteiger partial charge on any atom is -0.480 e. The Balaban J connectivity index is 1.63. The highest BCUT2D eigenvalue weighted by Crippen LogP contribution is 2.39. The fourth-order valence-electron chi connectivity index (χ4n) is 4.33. The number of amides is 2. The van der Waals surface area contributed by atoms with E-state index in [9.17, 15) is 27.2 Å². The van der Waals surface area contributed by atoms with Gasteiger partial charge < -0.3 is 20.7 Å². The number of fused-ring (bicyclic) bond motifs is 1. The summed E-state index contributed by atoms with van der Waals surface area (Å²) in [5, 5.41) is 6.46. The topological polar surface area (TPSA) is 128 Å². The number of carbonyl (C=O) groups is 2. The predicted molar refractivity (Wildman–Crippen MR) is 129 cm³/mol. The molecule has 1 aliphatic heterocycles. The SMILES string of the molecule is COc1ncc(-c2cc(C(F)(F)F)c3c(N)ncnn23)cc1C(=O)N[C@@H]1CN(C(=O)CCC(C)C)C[C@@H]1F. The fourth-order valence-corrected chi connectivity index (χ4v) is 4.33. The molecular formula is C24H27F4N7O3. The Kier molecular flexibility index (Phi) is 7.42. The van der Waals surface area contributed by atoms with Crippen LogP contribution in [-0.4, -0.2) is 68.7 Å². The molecular weight excluding hydrogens is 510 g/mol. The van der Waals surface area contributed by atoms with Crippen molar-refractivity contribution in [2.24, 2.45) is 5.92 Å². The van der Waals surface area contributed by atoms with Gasteiger partial charge in [0.25, 0.3) is 5.91 Å².